The van der Waals surface area contributed by atoms with E-state index in [1.807, 2.05) is 30.3 Å². The summed E-state index contributed by atoms with van der Waals surface area (Å²) in [7, 11) is 0. The maximum atomic E-state index is 8.89. The quantitative estimate of drug-likeness (QED) is 0.825. The lowest BCUT2D eigenvalue weighted by Crippen LogP contribution is -1.87. The Kier molecular flexibility index (Phi) is 4.01. The Balaban J connectivity index is 2.22. The van der Waals surface area contributed by atoms with Crippen LogP contribution in [0.2, 0.25) is 0 Å². The third-order valence-corrected chi connectivity index (χ3v) is 3.03. The van der Waals surface area contributed by atoms with Crippen molar-refractivity contribution in [1.82, 2.24) is 0 Å². The topological polar surface area (TPSA) is 33.0 Å². The van der Waals surface area contributed by atoms with E-state index in [0.717, 1.165) is 16.6 Å². The van der Waals surface area contributed by atoms with Gasteiger partial charge in [-0.2, -0.15) is 5.26 Å². The van der Waals surface area contributed by atoms with Gasteiger partial charge in [-0.1, -0.05) is 35.0 Å². The number of rotatable bonds is 3. The van der Waals surface area contributed by atoms with Gasteiger partial charge in [0.05, 0.1) is 11.6 Å². The molecule has 0 atom stereocenters. The van der Waals surface area contributed by atoms with Gasteiger partial charge in [-0.25, -0.2) is 0 Å². The number of hydrogen-bond acceptors (Lipinski definition) is 2. The minimum Gasteiger partial charge on any atom is -0.457 e. The summed E-state index contributed by atoms with van der Waals surface area (Å²) in [5.41, 5.74) is 1.85. The van der Waals surface area contributed by atoms with Gasteiger partial charge < -0.3 is 4.74 Å². The third kappa shape index (κ3) is 3.12. The molecule has 0 amide bonds. The second-order valence-electron chi connectivity index (χ2n) is 3.89. The summed E-state index contributed by atoms with van der Waals surface area (Å²) in [6, 6.07) is 15.4. The molecule has 0 aliphatic rings. The van der Waals surface area contributed by atoms with Crippen molar-refractivity contribution in [2.45, 2.75) is 13.3 Å². The Morgan fingerprint density at radius 2 is 1.83 bits per heavy atom. The molecule has 18 heavy (non-hydrogen) atoms. The summed E-state index contributed by atoms with van der Waals surface area (Å²) in [5, 5.41) is 8.89. The van der Waals surface area contributed by atoms with Crippen LogP contribution in [0.5, 0.6) is 11.5 Å². The number of hydrogen-bond donors (Lipinski definition) is 0. The first kappa shape index (κ1) is 12.7. The van der Waals surface area contributed by atoms with Gasteiger partial charge in [0.25, 0.3) is 0 Å². The van der Waals surface area contributed by atoms with Crippen molar-refractivity contribution < 1.29 is 4.74 Å². The Morgan fingerprint density at radius 3 is 2.44 bits per heavy atom. The minimum atomic E-state index is 0.574. The van der Waals surface area contributed by atoms with Crippen molar-refractivity contribution in [2.24, 2.45) is 0 Å². The van der Waals surface area contributed by atoms with Gasteiger partial charge in [0.2, 0.25) is 0 Å². The molecular formula is C15H12BrNO. The van der Waals surface area contributed by atoms with Crippen LogP contribution in [0.15, 0.2) is 46.9 Å². The van der Waals surface area contributed by atoms with Gasteiger partial charge >= 0.3 is 0 Å². The molecule has 0 heterocycles. The maximum absolute atomic E-state index is 8.89. The zero-order valence-corrected chi connectivity index (χ0v) is 11.6. The number of aryl methyl sites for hydroxylation is 1. The molecule has 2 aromatic rings. The Bertz CT molecular complexity index is 584. The molecule has 2 nitrogen and oxygen atoms in total. The predicted molar refractivity (Wildman–Crippen MR) is 74.8 cm³/mol. The number of benzene rings is 2. The van der Waals surface area contributed by atoms with Gasteiger partial charge in [0.15, 0.2) is 0 Å². The SMILES string of the molecule is CCc1ccc(Oc2cc(Br)cc(C#N)c2)cc1. The molecular weight excluding hydrogens is 290 g/mol. The fraction of sp³-hybridized carbons (Fsp3) is 0.133. The lowest BCUT2D eigenvalue weighted by Gasteiger charge is -2.07. The Hall–Kier alpha value is -1.79. The Labute approximate surface area is 115 Å². The fourth-order valence-electron chi connectivity index (χ4n) is 1.62. The predicted octanol–water partition coefficient (Wildman–Crippen LogP) is 4.68. The van der Waals surface area contributed by atoms with Crippen LogP contribution in [0.3, 0.4) is 0 Å². The highest BCUT2D eigenvalue weighted by molar-refractivity contribution is 9.10. The standard InChI is InChI=1S/C15H12BrNO/c1-2-11-3-5-14(6-4-11)18-15-8-12(10-17)7-13(16)9-15/h3-9H,2H2,1H3. The summed E-state index contributed by atoms with van der Waals surface area (Å²) >= 11 is 3.36. The maximum Gasteiger partial charge on any atom is 0.129 e. The molecule has 0 saturated heterocycles. The number of nitrogens with zero attached hydrogens (tertiary/aromatic N) is 1. The fourth-order valence-corrected chi connectivity index (χ4v) is 2.09. The lowest BCUT2D eigenvalue weighted by molar-refractivity contribution is 0.482. The van der Waals surface area contributed by atoms with E-state index < -0.39 is 0 Å². The summed E-state index contributed by atoms with van der Waals surface area (Å²) in [5.74, 6) is 1.43. The molecule has 0 spiro atoms. The van der Waals surface area contributed by atoms with Crippen molar-refractivity contribution >= 4 is 15.9 Å². The largest absolute Gasteiger partial charge is 0.457 e. The zero-order valence-electron chi connectivity index (χ0n) is 9.98. The van der Waals surface area contributed by atoms with E-state index >= 15 is 0 Å². The first-order valence-corrected chi connectivity index (χ1v) is 6.48. The molecule has 90 valence electrons. The number of ether oxygens (including phenoxy) is 1. The average molecular weight is 302 g/mol. The third-order valence-electron chi connectivity index (χ3n) is 2.57. The summed E-state index contributed by atoms with van der Waals surface area (Å²) in [4.78, 5) is 0. The van der Waals surface area contributed by atoms with E-state index in [2.05, 4.69) is 28.9 Å². The van der Waals surface area contributed by atoms with Crippen molar-refractivity contribution in [2.75, 3.05) is 0 Å². The minimum absolute atomic E-state index is 0.574. The van der Waals surface area contributed by atoms with Gasteiger partial charge in [0.1, 0.15) is 11.5 Å². The lowest BCUT2D eigenvalue weighted by atomic mass is 10.2. The monoisotopic (exact) mass is 301 g/mol. The molecule has 3 heteroatoms. The van der Waals surface area contributed by atoms with E-state index in [-0.39, 0.29) is 0 Å². The molecule has 2 rings (SSSR count). The van der Waals surface area contributed by atoms with Crippen LogP contribution in [0.4, 0.5) is 0 Å². The molecule has 0 N–H and O–H groups in total. The van der Waals surface area contributed by atoms with Crippen LogP contribution in [0, 0.1) is 11.3 Å². The van der Waals surface area contributed by atoms with Crippen molar-refractivity contribution in [3.63, 3.8) is 0 Å². The Morgan fingerprint density at radius 1 is 1.11 bits per heavy atom. The zero-order chi connectivity index (χ0) is 13.0. The number of nitriles is 1. The van der Waals surface area contributed by atoms with Crippen LogP contribution in [-0.2, 0) is 6.42 Å². The number of halogens is 1. The first-order valence-electron chi connectivity index (χ1n) is 5.68. The van der Waals surface area contributed by atoms with E-state index in [0.29, 0.717) is 11.3 Å². The van der Waals surface area contributed by atoms with E-state index in [1.165, 1.54) is 5.56 Å². The van der Waals surface area contributed by atoms with Crippen LogP contribution >= 0.6 is 15.9 Å². The molecule has 0 unspecified atom stereocenters. The highest BCUT2D eigenvalue weighted by atomic mass is 79.9. The van der Waals surface area contributed by atoms with E-state index in [9.17, 15) is 0 Å². The molecule has 0 aliphatic carbocycles. The highest BCUT2D eigenvalue weighted by Crippen LogP contribution is 2.26. The van der Waals surface area contributed by atoms with Gasteiger partial charge in [0, 0.05) is 4.47 Å². The first-order chi connectivity index (χ1) is 8.71. The van der Waals surface area contributed by atoms with Crippen LogP contribution in [0.1, 0.15) is 18.1 Å². The summed E-state index contributed by atoms with van der Waals surface area (Å²) in [6.45, 7) is 2.11. The average Bonchev–Trinajstić information content (AvgIpc) is 2.39. The van der Waals surface area contributed by atoms with E-state index in [4.69, 9.17) is 10.00 Å². The van der Waals surface area contributed by atoms with Crippen molar-refractivity contribution in [1.29, 1.82) is 5.26 Å². The molecule has 0 saturated carbocycles. The molecule has 0 bridgehead atoms. The molecule has 0 aliphatic heterocycles. The second kappa shape index (κ2) is 5.70. The molecule has 0 fully saturated rings. The normalized spacial score (nSPS) is 9.83. The smallest absolute Gasteiger partial charge is 0.129 e. The molecule has 2 aromatic carbocycles. The highest BCUT2D eigenvalue weighted by Gasteiger charge is 2.02. The summed E-state index contributed by atoms with van der Waals surface area (Å²) in [6.07, 6.45) is 1.01. The van der Waals surface area contributed by atoms with Gasteiger partial charge in [-0.3, -0.25) is 0 Å². The molecule has 0 radical (unpaired) electrons. The second-order valence-corrected chi connectivity index (χ2v) is 4.80. The van der Waals surface area contributed by atoms with Crippen molar-refractivity contribution in [3.8, 4) is 17.6 Å². The van der Waals surface area contributed by atoms with E-state index in [1.54, 1.807) is 12.1 Å². The van der Waals surface area contributed by atoms with Crippen LogP contribution < -0.4 is 4.74 Å². The molecule has 0 aromatic heterocycles. The summed E-state index contributed by atoms with van der Waals surface area (Å²) < 4.78 is 6.55. The van der Waals surface area contributed by atoms with Gasteiger partial charge in [-0.15, -0.1) is 0 Å². The van der Waals surface area contributed by atoms with Gasteiger partial charge in [-0.05, 0) is 42.3 Å². The van der Waals surface area contributed by atoms with Crippen LogP contribution in [-0.4, -0.2) is 0 Å². The van der Waals surface area contributed by atoms with Crippen molar-refractivity contribution in [3.05, 3.63) is 58.1 Å². The van der Waals surface area contributed by atoms with Crippen LogP contribution in [0.25, 0.3) is 0 Å².